The molecule has 0 radical (unpaired) electrons. The lowest BCUT2D eigenvalue weighted by Gasteiger charge is -2.50. The Hall–Kier alpha value is -3.36. The van der Waals surface area contributed by atoms with Gasteiger partial charge in [0.2, 0.25) is 0 Å². The average Bonchev–Trinajstić information content (AvgIpc) is 3.11. The fourth-order valence-corrected chi connectivity index (χ4v) is 5.62. The van der Waals surface area contributed by atoms with Crippen LogP contribution in [-0.4, -0.2) is 60.8 Å². The van der Waals surface area contributed by atoms with Crippen LogP contribution in [0.15, 0.2) is 39.0 Å². The van der Waals surface area contributed by atoms with Crippen molar-refractivity contribution in [1.82, 2.24) is 20.2 Å². The summed E-state index contributed by atoms with van der Waals surface area (Å²) >= 11 is 8.01. The van der Waals surface area contributed by atoms with Crippen LogP contribution in [0.2, 0.25) is 4.34 Å². The first-order valence-electron chi connectivity index (χ1n) is 9.35. The zero-order valence-electron chi connectivity index (χ0n) is 16.6. The maximum absolute atomic E-state index is 12.8. The second kappa shape index (κ2) is 8.88. The number of β-lactam (4-membered cyclic amide) rings is 1. The number of pyridine rings is 1. The largest absolute Gasteiger partial charge is 0.477 e. The fourth-order valence-electron chi connectivity index (χ4n) is 3.62. The van der Waals surface area contributed by atoms with Gasteiger partial charge < -0.3 is 27.1 Å². The monoisotopic (exact) mass is 509 g/mol. The van der Waals surface area contributed by atoms with E-state index >= 15 is 0 Å². The third-order valence-electron chi connectivity index (χ3n) is 5.06. The number of fused-ring (bicyclic) bond motifs is 1. The van der Waals surface area contributed by atoms with Crippen LogP contribution in [0, 0.1) is 0 Å². The van der Waals surface area contributed by atoms with Crippen molar-refractivity contribution in [3.05, 3.63) is 39.0 Å². The maximum Gasteiger partial charge on any atom is 0.353 e. The van der Waals surface area contributed by atoms with Crippen LogP contribution in [0.4, 0.5) is 10.9 Å². The Kier molecular flexibility index (Phi) is 6.14. The minimum atomic E-state index is -1.27. The molecule has 12 nitrogen and oxygen atoms in total. The van der Waals surface area contributed by atoms with Crippen LogP contribution in [0.25, 0.3) is 0 Å². The van der Waals surface area contributed by atoms with Crippen LogP contribution in [0.3, 0.4) is 0 Å². The molecule has 2 aromatic rings. The van der Waals surface area contributed by atoms with Gasteiger partial charge in [-0.05, 0) is 25.0 Å². The molecule has 2 aliphatic rings. The van der Waals surface area contributed by atoms with Gasteiger partial charge in [0.1, 0.15) is 27.6 Å². The van der Waals surface area contributed by atoms with E-state index in [0.29, 0.717) is 22.6 Å². The maximum atomic E-state index is 12.8. The van der Waals surface area contributed by atoms with E-state index in [-0.39, 0.29) is 26.7 Å². The van der Waals surface area contributed by atoms with Crippen LogP contribution >= 0.6 is 34.7 Å². The number of halogens is 1. The van der Waals surface area contributed by atoms with E-state index in [1.165, 1.54) is 6.20 Å². The van der Waals surface area contributed by atoms with E-state index < -0.39 is 35.6 Å². The fraction of sp³-hybridized carbons (Fsp3) is 0.222. The standard InChI is InChI=1S/C18H16ClN7O5S2/c19-13-10(24-18(21)33-13)11(25-31)15(27)23-9-6-3-4-7(12(17(29)30)26(6)16(9)28)32-8-2-1-5-22-14(8)20/h1-2,5-6,9,31H,3-4H2,(H2,20,22)(H2,21,24)(H,23,27)(H,29,30). The Labute approximate surface area is 199 Å². The second-order valence-corrected chi connectivity index (χ2v) is 9.72. The summed E-state index contributed by atoms with van der Waals surface area (Å²) in [5.74, 6) is -2.53. The van der Waals surface area contributed by atoms with Crippen LogP contribution < -0.4 is 16.8 Å². The summed E-state index contributed by atoms with van der Waals surface area (Å²) in [6.07, 6.45) is 2.26. The number of hydrogen-bond donors (Lipinski definition) is 5. The van der Waals surface area contributed by atoms with Gasteiger partial charge >= 0.3 is 5.97 Å². The number of thioether (sulfide) groups is 1. The predicted molar refractivity (Wildman–Crippen MR) is 121 cm³/mol. The van der Waals surface area contributed by atoms with E-state index in [1.807, 2.05) is 0 Å². The van der Waals surface area contributed by atoms with Crippen molar-refractivity contribution >= 4 is 69.1 Å². The number of rotatable bonds is 6. The molecule has 4 heterocycles. The number of thiazole rings is 1. The molecular formula is C18H16ClN7O5S2. The smallest absolute Gasteiger partial charge is 0.353 e. The Balaban J connectivity index is 1.55. The van der Waals surface area contributed by atoms with Gasteiger partial charge in [-0.3, -0.25) is 14.5 Å². The molecule has 2 aromatic heterocycles. The molecule has 2 atom stereocenters. The third kappa shape index (κ3) is 4.07. The molecule has 172 valence electrons. The molecule has 0 bridgehead atoms. The van der Waals surface area contributed by atoms with Gasteiger partial charge in [0.05, 0.1) is 10.9 Å². The van der Waals surface area contributed by atoms with Crippen molar-refractivity contribution in [1.29, 1.82) is 0 Å². The summed E-state index contributed by atoms with van der Waals surface area (Å²) in [5, 5.41) is 24.6. The number of nitrogens with one attached hydrogen (secondary N) is 1. The van der Waals surface area contributed by atoms with Gasteiger partial charge in [-0.25, -0.2) is 14.8 Å². The van der Waals surface area contributed by atoms with E-state index in [4.69, 9.17) is 23.1 Å². The summed E-state index contributed by atoms with van der Waals surface area (Å²) in [5.41, 5.74) is 10.6. The first-order chi connectivity index (χ1) is 15.7. The van der Waals surface area contributed by atoms with E-state index in [0.717, 1.165) is 28.0 Å². The van der Waals surface area contributed by atoms with E-state index in [1.54, 1.807) is 12.1 Å². The molecule has 0 saturated carbocycles. The lowest BCUT2D eigenvalue weighted by Crippen LogP contribution is -2.72. The van der Waals surface area contributed by atoms with Crippen molar-refractivity contribution in [2.24, 2.45) is 5.16 Å². The highest BCUT2D eigenvalue weighted by Crippen LogP contribution is 2.44. The minimum absolute atomic E-state index is 0.0436. The summed E-state index contributed by atoms with van der Waals surface area (Å²) in [6, 6.07) is 1.79. The van der Waals surface area contributed by atoms with Crippen molar-refractivity contribution in [2.75, 3.05) is 11.5 Å². The molecule has 7 N–H and O–H groups in total. The lowest BCUT2D eigenvalue weighted by molar-refractivity contribution is -0.155. The number of carboxylic acids is 1. The molecule has 1 fully saturated rings. The number of carboxylic acid groups (broad SMARTS) is 1. The van der Waals surface area contributed by atoms with Gasteiger partial charge in [-0.15, -0.1) is 0 Å². The molecular weight excluding hydrogens is 494 g/mol. The quantitative estimate of drug-likeness (QED) is 0.163. The van der Waals surface area contributed by atoms with Gasteiger partial charge in [-0.1, -0.05) is 39.9 Å². The number of anilines is 2. The number of amides is 2. The Bertz CT molecular complexity index is 1230. The van der Waals surface area contributed by atoms with Crippen molar-refractivity contribution < 1.29 is 24.7 Å². The highest BCUT2D eigenvalue weighted by molar-refractivity contribution is 8.03. The topological polar surface area (TPSA) is 197 Å². The number of hydrogen-bond acceptors (Lipinski definition) is 11. The normalized spacial score (nSPS) is 20.3. The Morgan fingerprint density at radius 3 is 2.76 bits per heavy atom. The second-order valence-electron chi connectivity index (χ2n) is 6.95. The highest BCUT2D eigenvalue weighted by atomic mass is 35.5. The van der Waals surface area contributed by atoms with Crippen LogP contribution in [0.5, 0.6) is 0 Å². The molecule has 0 aliphatic carbocycles. The number of nitrogens with zero attached hydrogens (tertiary/aromatic N) is 4. The molecule has 4 rings (SSSR count). The van der Waals surface area contributed by atoms with Gasteiger partial charge in [0.25, 0.3) is 11.8 Å². The molecule has 2 aliphatic heterocycles. The number of aliphatic carboxylic acids is 1. The Morgan fingerprint density at radius 1 is 1.39 bits per heavy atom. The summed E-state index contributed by atoms with van der Waals surface area (Å²) < 4.78 is 0.0436. The molecule has 1 saturated heterocycles. The number of carbonyl (C=O) groups is 3. The third-order valence-corrected chi connectivity index (χ3v) is 7.35. The average molecular weight is 510 g/mol. The number of aromatic nitrogens is 2. The first kappa shape index (κ1) is 22.8. The van der Waals surface area contributed by atoms with Gasteiger partial charge in [-0.2, -0.15) is 0 Å². The number of nitrogen functional groups attached to an aromatic ring is 2. The first-order valence-corrected chi connectivity index (χ1v) is 11.4. The van der Waals surface area contributed by atoms with Gasteiger partial charge in [0, 0.05) is 11.1 Å². The minimum Gasteiger partial charge on any atom is -0.477 e. The number of oxime groups is 1. The van der Waals surface area contributed by atoms with Crippen molar-refractivity contribution in [2.45, 2.75) is 29.8 Å². The molecule has 0 spiro atoms. The molecule has 15 heteroatoms. The molecule has 33 heavy (non-hydrogen) atoms. The number of nitrogens with two attached hydrogens (primary N) is 2. The zero-order chi connectivity index (χ0) is 23.9. The van der Waals surface area contributed by atoms with E-state index in [9.17, 15) is 24.7 Å². The predicted octanol–water partition coefficient (Wildman–Crippen LogP) is 1.11. The zero-order valence-corrected chi connectivity index (χ0v) is 18.9. The van der Waals surface area contributed by atoms with Crippen molar-refractivity contribution in [3.8, 4) is 0 Å². The summed E-state index contributed by atoms with van der Waals surface area (Å²) in [4.78, 5) is 47.5. The molecule has 2 unspecified atom stereocenters. The SMILES string of the molecule is Nc1nc(C(=NO)C(=O)NC2C(=O)N3C(C(=O)O)=C(Sc4cccnc4N)CCC23)c(Cl)s1. The van der Waals surface area contributed by atoms with Crippen LogP contribution in [-0.2, 0) is 14.4 Å². The van der Waals surface area contributed by atoms with Crippen molar-refractivity contribution in [3.63, 3.8) is 0 Å². The van der Waals surface area contributed by atoms with Gasteiger partial charge in [0.15, 0.2) is 10.8 Å². The van der Waals surface area contributed by atoms with Crippen LogP contribution in [0.1, 0.15) is 18.5 Å². The summed E-state index contributed by atoms with van der Waals surface area (Å²) in [7, 11) is 0. The molecule has 0 aromatic carbocycles. The number of carbonyl (C=O) groups excluding carboxylic acids is 2. The Morgan fingerprint density at radius 2 is 2.15 bits per heavy atom. The highest BCUT2D eigenvalue weighted by Gasteiger charge is 2.54. The lowest BCUT2D eigenvalue weighted by atomic mass is 9.86. The summed E-state index contributed by atoms with van der Waals surface area (Å²) in [6.45, 7) is 0. The van der Waals surface area contributed by atoms with E-state index in [2.05, 4.69) is 20.4 Å². The molecule has 2 amide bonds. The number of allylic oxidation sites excluding steroid dienone is 1.